The average molecular weight is 417 g/mol. The van der Waals surface area contributed by atoms with Gasteiger partial charge >= 0.3 is 0 Å². The van der Waals surface area contributed by atoms with E-state index in [1.165, 1.54) is 12.1 Å². The molecule has 0 atom stereocenters. The summed E-state index contributed by atoms with van der Waals surface area (Å²) in [4.78, 5) is 17.0. The zero-order valence-corrected chi connectivity index (χ0v) is 16.6. The normalized spacial score (nSPS) is 14.5. The first-order chi connectivity index (χ1) is 15.3. The fourth-order valence-corrected chi connectivity index (χ4v) is 3.36. The molecule has 5 rings (SSSR count). The van der Waals surface area contributed by atoms with Crippen LogP contribution < -0.4 is 5.32 Å². The highest BCUT2D eigenvalue weighted by Crippen LogP contribution is 2.33. The summed E-state index contributed by atoms with van der Waals surface area (Å²) in [6.45, 7) is 1.20. The third-order valence-electron chi connectivity index (χ3n) is 4.83. The van der Waals surface area contributed by atoms with Crippen molar-refractivity contribution < 1.29 is 13.9 Å². The van der Waals surface area contributed by atoms with E-state index in [-0.39, 0.29) is 5.82 Å². The summed E-state index contributed by atoms with van der Waals surface area (Å²) in [7, 11) is 0. The van der Waals surface area contributed by atoms with E-state index in [0.29, 0.717) is 42.1 Å². The third kappa shape index (κ3) is 4.30. The first-order valence-electron chi connectivity index (χ1n) is 10.0. The lowest BCUT2D eigenvalue weighted by molar-refractivity contribution is -0.186. The Kier molecular flexibility index (Phi) is 5.39. The SMILES string of the molecule is Fc1ccc(-c2nc(C3OCCCO3)[nH]c2-c2ccnc(Nc3ccccc3)n2)cc1. The van der Waals surface area contributed by atoms with Gasteiger partial charge in [0.15, 0.2) is 5.82 Å². The van der Waals surface area contributed by atoms with Gasteiger partial charge in [-0.15, -0.1) is 0 Å². The van der Waals surface area contributed by atoms with Crippen LogP contribution in [-0.2, 0) is 9.47 Å². The number of nitrogens with zero attached hydrogens (tertiary/aromatic N) is 3. The minimum Gasteiger partial charge on any atom is -0.346 e. The van der Waals surface area contributed by atoms with Gasteiger partial charge in [-0.1, -0.05) is 18.2 Å². The molecule has 1 aliphatic heterocycles. The Bertz CT molecular complexity index is 1160. The number of halogens is 1. The molecule has 0 saturated carbocycles. The number of aromatic amines is 1. The van der Waals surface area contributed by atoms with Gasteiger partial charge in [-0.2, -0.15) is 0 Å². The van der Waals surface area contributed by atoms with E-state index in [1.807, 2.05) is 30.3 Å². The van der Waals surface area contributed by atoms with Crippen LogP contribution in [0.2, 0.25) is 0 Å². The van der Waals surface area contributed by atoms with Crippen LogP contribution in [-0.4, -0.2) is 33.1 Å². The molecular formula is C23H20FN5O2. The number of ether oxygens (including phenoxy) is 2. The van der Waals surface area contributed by atoms with Crippen molar-refractivity contribution in [2.75, 3.05) is 18.5 Å². The van der Waals surface area contributed by atoms with E-state index in [0.717, 1.165) is 17.7 Å². The highest BCUT2D eigenvalue weighted by Gasteiger charge is 2.24. The van der Waals surface area contributed by atoms with Crippen molar-refractivity contribution in [2.24, 2.45) is 0 Å². The van der Waals surface area contributed by atoms with Gasteiger partial charge in [0.25, 0.3) is 0 Å². The Labute approximate surface area is 178 Å². The van der Waals surface area contributed by atoms with E-state index in [4.69, 9.17) is 14.5 Å². The number of imidazole rings is 1. The van der Waals surface area contributed by atoms with Gasteiger partial charge in [0.05, 0.1) is 30.3 Å². The molecule has 7 nitrogen and oxygen atoms in total. The number of hydrogen-bond acceptors (Lipinski definition) is 6. The molecule has 1 fully saturated rings. The highest BCUT2D eigenvalue weighted by molar-refractivity contribution is 5.77. The standard InChI is InChI=1S/C23H20FN5O2/c24-16-9-7-15(8-10-16)19-20(29-21(28-19)22-30-13-4-14-31-22)18-11-12-25-23(27-18)26-17-5-2-1-3-6-17/h1-3,5-12,22H,4,13-14H2,(H,28,29)(H,25,26,27). The Balaban J connectivity index is 1.54. The largest absolute Gasteiger partial charge is 0.346 e. The summed E-state index contributed by atoms with van der Waals surface area (Å²) in [6, 6.07) is 17.7. The molecule has 31 heavy (non-hydrogen) atoms. The van der Waals surface area contributed by atoms with Crippen molar-refractivity contribution in [3.8, 4) is 22.6 Å². The van der Waals surface area contributed by atoms with Crippen LogP contribution in [0.1, 0.15) is 18.5 Å². The summed E-state index contributed by atoms with van der Waals surface area (Å²) in [6.07, 6.45) is 1.94. The molecule has 2 N–H and O–H groups in total. The van der Waals surface area contributed by atoms with Crippen molar-refractivity contribution in [1.82, 2.24) is 19.9 Å². The molecule has 1 saturated heterocycles. The van der Waals surface area contributed by atoms with Crippen LogP contribution in [0.25, 0.3) is 22.6 Å². The Morgan fingerprint density at radius 3 is 2.48 bits per heavy atom. The van der Waals surface area contributed by atoms with E-state index >= 15 is 0 Å². The van der Waals surface area contributed by atoms with Crippen LogP contribution in [0, 0.1) is 5.82 Å². The number of hydrogen-bond donors (Lipinski definition) is 2. The van der Waals surface area contributed by atoms with E-state index in [9.17, 15) is 4.39 Å². The zero-order valence-electron chi connectivity index (χ0n) is 16.6. The summed E-state index contributed by atoms with van der Waals surface area (Å²) < 4.78 is 24.9. The van der Waals surface area contributed by atoms with Gasteiger partial charge < -0.3 is 19.8 Å². The minimum absolute atomic E-state index is 0.309. The molecule has 0 radical (unpaired) electrons. The first-order valence-corrected chi connectivity index (χ1v) is 10.0. The van der Waals surface area contributed by atoms with Crippen molar-refractivity contribution in [2.45, 2.75) is 12.7 Å². The molecule has 8 heteroatoms. The van der Waals surface area contributed by atoms with Crippen LogP contribution in [0.15, 0.2) is 66.9 Å². The molecule has 3 heterocycles. The molecule has 0 unspecified atom stereocenters. The molecule has 0 aliphatic carbocycles. The van der Waals surface area contributed by atoms with E-state index in [1.54, 1.807) is 24.4 Å². The molecule has 156 valence electrons. The predicted molar refractivity (Wildman–Crippen MR) is 114 cm³/mol. The average Bonchev–Trinajstić information content (AvgIpc) is 3.27. The second kappa shape index (κ2) is 8.63. The Morgan fingerprint density at radius 1 is 0.935 bits per heavy atom. The molecule has 2 aromatic carbocycles. The van der Waals surface area contributed by atoms with Crippen LogP contribution >= 0.6 is 0 Å². The lowest BCUT2D eigenvalue weighted by Crippen LogP contribution is -2.18. The number of H-pyrrole nitrogens is 1. The maximum atomic E-state index is 13.5. The number of benzene rings is 2. The number of anilines is 2. The van der Waals surface area contributed by atoms with Gasteiger partial charge in [0, 0.05) is 17.4 Å². The quantitative estimate of drug-likeness (QED) is 0.483. The van der Waals surface area contributed by atoms with Crippen molar-refractivity contribution in [3.05, 3.63) is 78.5 Å². The molecule has 4 aromatic rings. The van der Waals surface area contributed by atoms with Crippen LogP contribution in [0.4, 0.5) is 16.0 Å². The Hall–Kier alpha value is -3.62. The summed E-state index contributed by atoms with van der Waals surface area (Å²) >= 11 is 0. The van der Waals surface area contributed by atoms with Gasteiger partial charge in [-0.3, -0.25) is 0 Å². The number of para-hydroxylation sites is 1. The minimum atomic E-state index is -0.578. The number of rotatable bonds is 5. The lowest BCUT2D eigenvalue weighted by atomic mass is 10.1. The van der Waals surface area contributed by atoms with E-state index in [2.05, 4.69) is 20.3 Å². The van der Waals surface area contributed by atoms with Gasteiger partial charge in [0.2, 0.25) is 12.2 Å². The smallest absolute Gasteiger partial charge is 0.227 e. The van der Waals surface area contributed by atoms with Gasteiger partial charge in [0.1, 0.15) is 5.82 Å². The van der Waals surface area contributed by atoms with Gasteiger partial charge in [-0.25, -0.2) is 19.3 Å². The lowest BCUT2D eigenvalue weighted by Gasteiger charge is -2.21. The zero-order chi connectivity index (χ0) is 21.0. The maximum absolute atomic E-state index is 13.5. The molecule has 1 aliphatic rings. The topological polar surface area (TPSA) is 85.0 Å². The molecule has 0 bridgehead atoms. The molecule has 0 spiro atoms. The third-order valence-corrected chi connectivity index (χ3v) is 4.83. The monoisotopic (exact) mass is 417 g/mol. The molecule has 0 amide bonds. The van der Waals surface area contributed by atoms with Crippen LogP contribution in [0.3, 0.4) is 0 Å². The fraction of sp³-hybridized carbons (Fsp3) is 0.174. The summed E-state index contributed by atoms with van der Waals surface area (Å²) in [5.74, 6) is 0.691. The van der Waals surface area contributed by atoms with E-state index < -0.39 is 6.29 Å². The summed E-state index contributed by atoms with van der Waals surface area (Å²) in [5.41, 5.74) is 3.59. The highest BCUT2D eigenvalue weighted by atomic mass is 19.1. The molecular weight excluding hydrogens is 397 g/mol. The van der Waals surface area contributed by atoms with Crippen molar-refractivity contribution in [3.63, 3.8) is 0 Å². The maximum Gasteiger partial charge on any atom is 0.227 e. The van der Waals surface area contributed by atoms with Crippen molar-refractivity contribution in [1.29, 1.82) is 0 Å². The predicted octanol–water partition coefficient (Wildman–Crippen LogP) is 4.85. The summed E-state index contributed by atoms with van der Waals surface area (Å²) in [5, 5.41) is 3.20. The van der Waals surface area contributed by atoms with Gasteiger partial charge in [-0.05, 0) is 48.9 Å². The number of nitrogens with one attached hydrogen (secondary N) is 2. The second-order valence-electron chi connectivity index (χ2n) is 7.04. The Morgan fingerprint density at radius 2 is 1.71 bits per heavy atom. The molecule has 2 aromatic heterocycles. The first kappa shape index (κ1) is 19.3. The van der Waals surface area contributed by atoms with Crippen LogP contribution in [0.5, 0.6) is 0 Å². The second-order valence-corrected chi connectivity index (χ2v) is 7.04. The fourth-order valence-electron chi connectivity index (χ4n) is 3.36. The number of aromatic nitrogens is 4. The van der Waals surface area contributed by atoms with Crippen molar-refractivity contribution >= 4 is 11.6 Å².